The van der Waals surface area contributed by atoms with Gasteiger partial charge in [-0.3, -0.25) is 9.78 Å². The van der Waals surface area contributed by atoms with E-state index in [4.69, 9.17) is 16.3 Å². The zero-order valence-corrected chi connectivity index (χ0v) is 15.2. The van der Waals surface area contributed by atoms with Gasteiger partial charge in [0.1, 0.15) is 5.75 Å². The highest BCUT2D eigenvalue weighted by Gasteiger charge is 2.32. The van der Waals surface area contributed by atoms with E-state index in [0.717, 1.165) is 18.9 Å². The number of nitrogens with zero attached hydrogens (tertiary/aromatic N) is 1. The molecule has 1 aromatic heterocycles. The number of halogens is 4. The van der Waals surface area contributed by atoms with Crippen LogP contribution in [-0.2, 0) is 9.53 Å². The number of hydrogen-bond donors (Lipinski definition) is 0. The maximum Gasteiger partial charge on any atom is 0.387 e. The summed E-state index contributed by atoms with van der Waals surface area (Å²) < 4.78 is 49.0. The largest absolute Gasteiger partial charge is 0.469 e. The number of benzene rings is 1. The van der Waals surface area contributed by atoms with E-state index in [-0.39, 0.29) is 21.9 Å². The molecular formula is C19H17ClF3NO3. The number of aromatic nitrogens is 1. The highest BCUT2D eigenvalue weighted by atomic mass is 35.5. The van der Waals surface area contributed by atoms with Crippen molar-refractivity contribution < 1.29 is 27.4 Å². The molecule has 0 saturated heterocycles. The Morgan fingerprint density at radius 1 is 1.30 bits per heavy atom. The van der Waals surface area contributed by atoms with Crippen LogP contribution >= 0.6 is 11.6 Å². The molecule has 27 heavy (non-hydrogen) atoms. The second-order valence-corrected chi connectivity index (χ2v) is 6.75. The van der Waals surface area contributed by atoms with Gasteiger partial charge in [-0.25, -0.2) is 4.39 Å². The van der Waals surface area contributed by atoms with E-state index in [2.05, 4.69) is 9.72 Å². The fraction of sp³-hybridized carbons (Fsp3) is 0.368. The summed E-state index contributed by atoms with van der Waals surface area (Å²) in [7, 11) is 1.31. The molecule has 0 N–H and O–H groups in total. The van der Waals surface area contributed by atoms with Crippen molar-refractivity contribution in [3.63, 3.8) is 0 Å². The Morgan fingerprint density at radius 2 is 2.04 bits per heavy atom. The lowest BCUT2D eigenvalue weighted by atomic mass is 9.96. The number of pyridine rings is 1. The zero-order chi connectivity index (χ0) is 19.6. The Hall–Kier alpha value is -2.28. The van der Waals surface area contributed by atoms with Crippen LogP contribution in [0.3, 0.4) is 0 Å². The SMILES string of the molecule is COC(=O)C(CC1CC1)c1ccc(-c2c(OC(F)F)ccc(Cl)c2F)cn1. The molecule has 1 aliphatic rings. The standard InChI is InChI=1S/C19H17ClF3NO3/c1-26-18(25)12(8-10-2-3-10)14-6-4-11(9-24-14)16-15(27-19(22)23)7-5-13(20)17(16)21/h4-7,9-10,12,19H,2-3,8H2,1H3. The predicted molar refractivity (Wildman–Crippen MR) is 93.4 cm³/mol. The second kappa shape index (κ2) is 8.17. The number of methoxy groups -OCH3 is 1. The first-order chi connectivity index (χ1) is 12.9. The molecule has 1 aromatic carbocycles. The van der Waals surface area contributed by atoms with Crippen molar-refractivity contribution in [3.8, 4) is 16.9 Å². The van der Waals surface area contributed by atoms with Gasteiger partial charge in [0, 0.05) is 11.8 Å². The monoisotopic (exact) mass is 399 g/mol. The van der Waals surface area contributed by atoms with Crippen LogP contribution in [0, 0.1) is 11.7 Å². The van der Waals surface area contributed by atoms with Gasteiger partial charge in [0.15, 0.2) is 5.82 Å². The van der Waals surface area contributed by atoms with Crippen molar-refractivity contribution in [1.29, 1.82) is 0 Å². The number of hydrogen-bond acceptors (Lipinski definition) is 4. The molecule has 8 heteroatoms. The number of alkyl halides is 2. The van der Waals surface area contributed by atoms with E-state index in [0.29, 0.717) is 18.0 Å². The quantitative estimate of drug-likeness (QED) is 0.600. The average molecular weight is 400 g/mol. The van der Waals surface area contributed by atoms with Crippen LogP contribution in [0.2, 0.25) is 5.02 Å². The summed E-state index contributed by atoms with van der Waals surface area (Å²) in [6.45, 7) is -3.11. The van der Waals surface area contributed by atoms with Gasteiger partial charge in [-0.1, -0.05) is 30.5 Å². The Balaban J connectivity index is 1.95. The molecule has 0 spiro atoms. The fourth-order valence-electron chi connectivity index (χ4n) is 2.92. The molecule has 0 aliphatic heterocycles. The molecule has 1 unspecified atom stereocenters. The van der Waals surface area contributed by atoms with Gasteiger partial charge in [-0.15, -0.1) is 0 Å². The molecule has 1 fully saturated rings. The van der Waals surface area contributed by atoms with E-state index in [9.17, 15) is 18.0 Å². The smallest absolute Gasteiger partial charge is 0.387 e. The van der Waals surface area contributed by atoms with Gasteiger partial charge in [0.05, 0.1) is 29.3 Å². The first-order valence-electron chi connectivity index (χ1n) is 8.37. The summed E-state index contributed by atoms with van der Waals surface area (Å²) in [6, 6.07) is 5.37. The Bertz CT molecular complexity index is 826. The molecule has 144 valence electrons. The first-order valence-corrected chi connectivity index (χ1v) is 8.75. The average Bonchev–Trinajstić information content (AvgIpc) is 3.47. The molecule has 0 amide bonds. The third-order valence-electron chi connectivity index (χ3n) is 4.46. The summed E-state index contributed by atoms with van der Waals surface area (Å²) in [5, 5.41) is -0.225. The minimum absolute atomic E-state index is 0.210. The lowest BCUT2D eigenvalue weighted by Gasteiger charge is -2.15. The molecule has 1 heterocycles. The Labute approximate surface area is 159 Å². The number of rotatable bonds is 7. The Kier molecular flexibility index (Phi) is 5.89. The van der Waals surface area contributed by atoms with Gasteiger partial charge in [0.2, 0.25) is 0 Å². The lowest BCUT2D eigenvalue weighted by Crippen LogP contribution is -2.16. The minimum atomic E-state index is -3.11. The van der Waals surface area contributed by atoms with Crippen molar-refractivity contribution in [2.75, 3.05) is 7.11 Å². The molecule has 0 radical (unpaired) electrons. The van der Waals surface area contributed by atoms with Crippen LogP contribution in [0.25, 0.3) is 11.1 Å². The highest BCUT2D eigenvalue weighted by molar-refractivity contribution is 6.31. The van der Waals surface area contributed by atoms with Crippen molar-refractivity contribution in [2.45, 2.75) is 31.8 Å². The summed E-state index contributed by atoms with van der Waals surface area (Å²) in [5.74, 6) is -1.67. The van der Waals surface area contributed by atoms with E-state index >= 15 is 0 Å². The van der Waals surface area contributed by atoms with Crippen LogP contribution in [0.15, 0.2) is 30.5 Å². The fourth-order valence-corrected chi connectivity index (χ4v) is 3.08. The van der Waals surface area contributed by atoms with Gasteiger partial charge in [-0.05, 0) is 30.5 Å². The predicted octanol–water partition coefficient (Wildman–Crippen LogP) is 5.20. The molecule has 1 atom stereocenters. The summed E-state index contributed by atoms with van der Waals surface area (Å²) in [5.41, 5.74) is 0.486. The maximum absolute atomic E-state index is 14.5. The molecular weight excluding hydrogens is 383 g/mol. The zero-order valence-electron chi connectivity index (χ0n) is 14.4. The van der Waals surface area contributed by atoms with Crippen LogP contribution < -0.4 is 4.74 Å². The topological polar surface area (TPSA) is 48.4 Å². The lowest BCUT2D eigenvalue weighted by molar-refractivity contribution is -0.142. The second-order valence-electron chi connectivity index (χ2n) is 6.34. The van der Waals surface area contributed by atoms with E-state index in [1.807, 2.05) is 0 Å². The van der Waals surface area contributed by atoms with Gasteiger partial charge < -0.3 is 9.47 Å². The van der Waals surface area contributed by atoms with Crippen LogP contribution in [0.5, 0.6) is 5.75 Å². The van der Waals surface area contributed by atoms with E-state index < -0.39 is 24.3 Å². The summed E-state index contributed by atoms with van der Waals surface area (Å²) >= 11 is 5.78. The van der Waals surface area contributed by atoms with E-state index in [1.54, 1.807) is 6.07 Å². The maximum atomic E-state index is 14.5. The van der Waals surface area contributed by atoms with Gasteiger partial charge in [0.25, 0.3) is 0 Å². The normalized spacial score (nSPS) is 14.9. The summed E-state index contributed by atoms with van der Waals surface area (Å²) in [4.78, 5) is 16.3. The van der Waals surface area contributed by atoms with Gasteiger partial charge in [-0.2, -0.15) is 8.78 Å². The third-order valence-corrected chi connectivity index (χ3v) is 4.75. The number of esters is 1. The van der Waals surface area contributed by atoms with Crippen molar-refractivity contribution >= 4 is 17.6 Å². The molecule has 1 saturated carbocycles. The molecule has 3 rings (SSSR count). The van der Waals surface area contributed by atoms with Crippen molar-refractivity contribution in [1.82, 2.24) is 4.98 Å². The summed E-state index contributed by atoms with van der Waals surface area (Å²) in [6.07, 6.45) is 4.07. The van der Waals surface area contributed by atoms with Crippen LogP contribution in [-0.4, -0.2) is 24.7 Å². The first kappa shape index (κ1) is 19.5. The Morgan fingerprint density at radius 3 is 2.59 bits per heavy atom. The minimum Gasteiger partial charge on any atom is -0.469 e. The van der Waals surface area contributed by atoms with E-state index in [1.165, 1.54) is 25.4 Å². The number of ether oxygens (including phenoxy) is 2. The molecule has 2 aromatic rings. The van der Waals surface area contributed by atoms with Gasteiger partial charge >= 0.3 is 12.6 Å². The number of carbonyl (C=O) groups is 1. The van der Waals surface area contributed by atoms with Crippen molar-refractivity contribution in [2.24, 2.45) is 5.92 Å². The number of carbonyl (C=O) groups excluding carboxylic acids is 1. The molecule has 1 aliphatic carbocycles. The third kappa shape index (κ3) is 4.53. The van der Waals surface area contributed by atoms with Crippen LogP contribution in [0.4, 0.5) is 13.2 Å². The van der Waals surface area contributed by atoms with Crippen LogP contribution in [0.1, 0.15) is 30.9 Å². The highest BCUT2D eigenvalue weighted by Crippen LogP contribution is 2.40. The molecule has 0 bridgehead atoms. The van der Waals surface area contributed by atoms with Crippen molar-refractivity contribution in [3.05, 3.63) is 47.0 Å². The molecule has 4 nitrogen and oxygen atoms in total.